The molecule has 2 heterocycles. The second kappa shape index (κ2) is 5.91. The first kappa shape index (κ1) is 13.7. The van der Waals surface area contributed by atoms with E-state index in [-0.39, 0.29) is 17.4 Å². The van der Waals surface area contributed by atoms with Crippen LogP contribution in [0.5, 0.6) is 5.88 Å². The number of carbonyl (C=O) groups is 1. The summed E-state index contributed by atoms with van der Waals surface area (Å²) < 4.78 is 11.5. The Morgan fingerprint density at radius 1 is 1.72 bits per heavy atom. The van der Waals surface area contributed by atoms with Crippen molar-refractivity contribution in [3.63, 3.8) is 0 Å². The van der Waals surface area contributed by atoms with E-state index in [1.54, 1.807) is 6.92 Å². The highest BCUT2D eigenvalue weighted by atomic mass is 127. The molecule has 0 saturated carbocycles. The van der Waals surface area contributed by atoms with Crippen LogP contribution in [0.3, 0.4) is 0 Å². The number of nitrogens with zero attached hydrogens (tertiary/aromatic N) is 2. The van der Waals surface area contributed by atoms with Crippen molar-refractivity contribution < 1.29 is 13.7 Å². The van der Waals surface area contributed by atoms with Crippen molar-refractivity contribution in [1.82, 2.24) is 9.55 Å². The maximum absolute atomic E-state index is 11.9. The minimum Gasteiger partial charge on any atom is -0.464 e. The van der Waals surface area contributed by atoms with Gasteiger partial charge in [-0.2, -0.15) is 4.98 Å². The van der Waals surface area contributed by atoms with Gasteiger partial charge in [-0.3, -0.25) is 9.36 Å². The van der Waals surface area contributed by atoms with Gasteiger partial charge >= 0.3 is 5.97 Å². The van der Waals surface area contributed by atoms with Crippen molar-refractivity contribution in [2.75, 3.05) is 6.61 Å². The van der Waals surface area contributed by atoms with E-state index in [9.17, 15) is 9.59 Å². The number of carbonyl (C=O) groups excluding carboxylic acids is 1. The first-order chi connectivity index (χ1) is 8.67. The molecule has 0 bridgehead atoms. The van der Waals surface area contributed by atoms with Crippen molar-refractivity contribution in [2.45, 2.75) is 25.8 Å². The molecule has 1 aromatic rings. The van der Waals surface area contributed by atoms with Crippen LogP contribution in [0.15, 0.2) is 10.9 Å². The molecule has 0 radical (unpaired) electrons. The van der Waals surface area contributed by atoms with E-state index in [0.29, 0.717) is 25.3 Å². The predicted octanol–water partition coefficient (Wildman–Crippen LogP) is 1.67. The Morgan fingerprint density at radius 2 is 2.50 bits per heavy atom. The first-order valence-electron chi connectivity index (χ1n) is 5.41. The number of rotatable bonds is 4. The summed E-state index contributed by atoms with van der Waals surface area (Å²) in [6.07, 6.45) is 1.11. The summed E-state index contributed by atoms with van der Waals surface area (Å²) in [4.78, 5) is 27.9. The third kappa shape index (κ3) is 2.63. The first-order valence-corrected chi connectivity index (χ1v) is 8.70. The Bertz CT molecular complexity index is 519. The van der Waals surface area contributed by atoms with Crippen LogP contribution < -0.4 is 9.74 Å². The summed E-state index contributed by atoms with van der Waals surface area (Å²) in [5.74, 6) is 0.466. The fraction of sp³-hybridized carbons (Fsp3) is 0.500. The van der Waals surface area contributed by atoms with Gasteiger partial charge in [0.2, 0.25) is 5.88 Å². The van der Waals surface area contributed by atoms with Crippen molar-refractivity contribution in [2.24, 2.45) is 0 Å². The van der Waals surface area contributed by atoms with Crippen molar-refractivity contribution >= 4 is 36.4 Å². The summed E-state index contributed by atoms with van der Waals surface area (Å²) in [6.45, 7) is 2.04. The zero-order valence-electron chi connectivity index (χ0n) is 9.59. The molecule has 98 valence electrons. The second-order valence-corrected chi connectivity index (χ2v) is 5.04. The van der Waals surface area contributed by atoms with Gasteiger partial charge in [-0.15, -0.1) is 0 Å². The van der Waals surface area contributed by atoms with Gasteiger partial charge in [-0.25, -0.2) is 4.79 Å². The molecule has 1 aromatic heterocycles. The lowest BCUT2D eigenvalue weighted by atomic mass is 10.2. The largest absolute Gasteiger partial charge is 0.464 e. The Hall–Kier alpha value is -0.770. The highest BCUT2D eigenvalue weighted by Crippen LogP contribution is 2.26. The maximum atomic E-state index is 11.9. The lowest BCUT2D eigenvalue weighted by Crippen LogP contribution is -2.29. The SMILES string of the molecule is CCOC(=O)[C@@H]1CCc2nc(OSI)cc(=O)n21. The van der Waals surface area contributed by atoms with Crippen LogP contribution in [0, 0.1) is 0 Å². The standard InChI is InChI=1S/C10H11IN2O4S/c1-2-16-10(15)6-3-4-7-12-8(17-18-11)5-9(14)13(6)7/h5-6H,2-4H2,1H3/t6-/m0/s1. The van der Waals surface area contributed by atoms with Gasteiger partial charge in [0, 0.05) is 27.6 Å². The van der Waals surface area contributed by atoms with Crippen molar-refractivity contribution in [3.8, 4) is 5.88 Å². The van der Waals surface area contributed by atoms with E-state index < -0.39 is 6.04 Å². The van der Waals surface area contributed by atoms with Crippen molar-refractivity contribution in [1.29, 1.82) is 0 Å². The monoisotopic (exact) mass is 382 g/mol. The number of ether oxygens (including phenoxy) is 1. The molecule has 0 N–H and O–H groups in total. The van der Waals surface area contributed by atoms with E-state index in [1.807, 2.05) is 21.2 Å². The van der Waals surface area contributed by atoms with Gasteiger partial charge in [0.25, 0.3) is 5.56 Å². The molecule has 0 fully saturated rings. The number of aryl methyl sites for hydroxylation is 1. The zero-order valence-corrected chi connectivity index (χ0v) is 12.6. The Balaban J connectivity index is 2.33. The van der Waals surface area contributed by atoms with Crippen LogP contribution in [0.1, 0.15) is 25.2 Å². The van der Waals surface area contributed by atoms with Crippen LogP contribution in [0.25, 0.3) is 0 Å². The van der Waals surface area contributed by atoms with Crippen LogP contribution in [-0.2, 0) is 16.0 Å². The molecule has 18 heavy (non-hydrogen) atoms. The Kier molecular flexibility index (Phi) is 4.49. The number of hydrogen-bond acceptors (Lipinski definition) is 6. The van der Waals surface area contributed by atoms with E-state index >= 15 is 0 Å². The second-order valence-electron chi connectivity index (χ2n) is 3.67. The molecule has 0 aromatic carbocycles. The third-order valence-corrected chi connectivity index (χ3v) is 3.40. The molecule has 0 unspecified atom stereocenters. The summed E-state index contributed by atoms with van der Waals surface area (Å²) in [6, 6.07) is 0.730. The predicted molar refractivity (Wildman–Crippen MR) is 74.7 cm³/mol. The zero-order chi connectivity index (χ0) is 13.1. The molecular weight excluding hydrogens is 371 g/mol. The molecule has 0 saturated heterocycles. The van der Waals surface area contributed by atoms with E-state index in [2.05, 4.69) is 4.98 Å². The summed E-state index contributed by atoms with van der Waals surface area (Å²) in [5, 5.41) is 0. The lowest BCUT2D eigenvalue weighted by Gasteiger charge is -2.12. The molecular formula is C10H11IN2O4S. The molecule has 2 rings (SSSR count). The van der Waals surface area contributed by atoms with Crippen LogP contribution in [-0.4, -0.2) is 22.1 Å². The average Bonchev–Trinajstić information content (AvgIpc) is 2.74. The van der Waals surface area contributed by atoms with Crippen LogP contribution in [0.4, 0.5) is 0 Å². The Labute approximate surface area is 120 Å². The molecule has 6 nitrogen and oxygen atoms in total. The van der Waals surface area contributed by atoms with E-state index in [0.717, 1.165) is 9.21 Å². The molecule has 1 aliphatic rings. The summed E-state index contributed by atoms with van der Waals surface area (Å²) in [5.41, 5.74) is -0.281. The number of hydrogen-bond donors (Lipinski definition) is 0. The highest BCUT2D eigenvalue weighted by Gasteiger charge is 2.31. The van der Waals surface area contributed by atoms with Crippen molar-refractivity contribution in [3.05, 3.63) is 22.2 Å². The quantitative estimate of drug-likeness (QED) is 0.448. The van der Waals surface area contributed by atoms with E-state index in [4.69, 9.17) is 8.92 Å². The number of fused-ring (bicyclic) bond motifs is 1. The molecule has 1 aliphatic heterocycles. The normalized spacial score (nSPS) is 17.3. The third-order valence-electron chi connectivity index (χ3n) is 2.63. The van der Waals surface area contributed by atoms with Crippen LogP contribution in [0.2, 0.25) is 0 Å². The highest BCUT2D eigenvalue weighted by molar-refractivity contribution is 14.2. The van der Waals surface area contributed by atoms with Gasteiger partial charge in [0.1, 0.15) is 21.1 Å². The fourth-order valence-corrected chi connectivity index (χ4v) is 2.66. The number of esters is 1. The fourth-order valence-electron chi connectivity index (χ4n) is 1.96. The number of halogens is 1. The molecule has 0 aliphatic carbocycles. The van der Waals surface area contributed by atoms with Gasteiger partial charge in [-0.05, 0) is 13.3 Å². The van der Waals surface area contributed by atoms with Gasteiger partial charge in [0.15, 0.2) is 0 Å². The summed E-state index contributed by atoms with van der Waals surface area (Å²) >= 11 is 1.95. The average molecular weight is 382 g/mol. The van der Waals surface area contributed by atoms with Gasteiger partial charge in [-0.1, -0.05) is 0 Å². The minimum absolute atomic E-state index is 0.273. The van der Waals surface area contributed by atoms with Crippen LogP contribution >= 0.6 is 30.4 Å². The minimum atomic E-state index is -0.554. The van der Waals surface area contributed by atoms with Gasteiger partial charge in [0.05, 0.1) is 12.7 Å². The lowest BCUT2D eigenvalue weighted by molar-refractivity contribution is -0.147. The molecule has 1 atom stereocenters. The Morgan fingerprint density at radius 3 is 3.17 bits per heavy atom. The van der Waals surface area contributed by atoms with Gasteiger partial charge < -0.3 is 8.92 Å². The number of aromatic nitrogens is 2. The summed E-state index contributed by atoms with van der Waals surface area (Å²) in [7, 11) is 1.09. The smallest absolute Gasteiger partial charge is 0.329 e. The molecule has 0 spiro atoms. The maximum Gasteiger partial charge on any atom is 0.329 e. The molecule has 8 heteroatoms. The van der Waals surface area contributed by atoms with E-state index in [1.165, 1.54) is 10.6 Å². The topological polar surface area (TPSA) is 70.4 Å². The molecule has 0 amide bonds.